The molecule has 1 saturated heterocycles. The van der Waals surface area contributed by atoms with Crippen molar-refractivity contribution in [2.45, 2.75) is 44.8 Å². The molecular formula is C18H25F2NO4. The molecule has 0 N–H and O–H groups in total. The van der Waals surface area contributed by atoms with Gasteiger partial charge >= 0.3 is 6.09 Å². The highest BCUT2D eigenvalue weighted by atomic mass is 19.1. The molecule has 0 unspecified atom stereocenters. The first kappa shape index (κ1) is 19.4. The average molecular weight is 357 g/mol. The van der Waals surface area contributed by atoms with Gasteiger partial charge in [-0.25, -0.2) is 13.6 Å². The molecule has 1 aromatic rings. The second-order valence-corrected chi connectivity index (χ2v) is 7.26. The zero-order valence-corrected chi connectivity index (χ0v) is 15.1. The second kappa shape index (κ2) is 7.56. The minimum absolute atomic E-state index is 0.0239. The van der Waals surface area contributed by atoms with Gasteiger partial charge in [0.25, 0.3) is 0 Å². The summed E-state index contributed by atoms with van der Waals surface area (Å²) in [7, 11) is 1.53. The molecule has 7 heteroatoms. The number of methoxy groups -OCH3 is 1. The maximum atomic E-state index is 13.9. The van der Waals surface area contributed by atoms with E-state index in [2.05, 4.69) is 0 Å². The summed E-state index contributed by atoms with van der Waals surface area (Å²) in [6.45, 7) is 6.48. The second-order valence-electron chi connectivity index (χ2n) is 7.26. The van der Waals surface area contributed by atoms with Gasteiger partial charge in [0.15, 0.2) is 11.6 Å². The zero-order chi connectivity index (χ0) is 18.7. The van der Waals surface area contributed by atoms with Gasteiger partial charge in [0.05, 0.1) is 6.61 Å². The van der Waals surface area contributed by atoms with E-state index in [0.29, 0.717) is 25.9 Å². The van der Waals surface area contributed by atoms with E-state index in [9.17, 15) is 13.6 Å². The summed E-state index contributed by atoms with van der Waals surface area (Å²) in [6, 6.07) is 3.20. The van der Waals surface area contributed by atoms with Gasteiger partial charge in [0, 0.05) is 39.1 Å². The van der Waals surface area contributed by atoms with Crippen LogP contribution < -0.4 is 4.74 Å². The highest BCUT2D eigenvalue weighted by Gasteiger charge is 2.39. The number of hydrogen-bond acceptors (Lipinski definition) is 4. The fraction of sp³-hybridized carbons (Fsp3) is 0.611. The normalized spacial score (nSPS) is 17.3. The molecule has 0 aromatic heterocycles. The molecule has 0 aliphatic carbocycles. The summed E-state index contributed by atoms with van der Waals surface area (Å²) in [5.41, 5.74) is -1.34. The maximum absolute atomic E-state index is 13.9. The zero-order valence-electron chi connectivity index (χ0n) is 15.1. The van der Waals surface area contributed by atoms with Gasteiger partial charge in [-0.2, -0.15) is 0 Å². The lowest BCUT2D eigenvalue weighted by molar-refractivity contribution is -0.0571. The van der Waals surface area contributed by atoms with Crippen molar-refractivity contribution in [3.63, 3.8) is 0 Å². The molecule has 5 nitrogen and oxygen atoms in total. The van der Waals surface area contributed by atoms with Gasteiger partial charge in [-0.05, 0) is 32.9 Å². The van der Waals surface area contributed by atoms with E-state index in [1.54, 1.807) is 4.90 Å². The summed E-state index contributed by atoms with van der Waals surface area (Å²) >= 11 is 0. The van der Waals surface area contributed by atoms with Crippen molar-refractivity contribution in [3.8, 4) is 5.75 Å². The van der Waals surface area contributed by atoms with Gasteiger partial charge < -0.3 is 19.1 Å². The molecule has 0 spiro atoms. The lowest BCUT2D eigenvalue weighted by Gasteiger charge is -2.41. The fourth-order valence-electron chi connectivity index (χ4n) is 2.75. The van der Waals surface area contributed by atoms with Crippen molar-refractivity contribution in [1.82, 2.24) is 4.90 Å². The van der Waals surface area contributed by atoms with Crippen molar-refractivity contribution < 1.29 is 27.8 Å². The Kier molecular flexibility index (Phi) is 5.87. The van der Waals surface area contributed by atoms with Crippen LogP contribution in [0.5, 0.6) is 5.75 Å². The Balaban J connectivity index is 2.06. The number of nitrogens with zero attached hydrogens (tertiary/aromatic N) is 1. The maximum Gasteiger partial charge on any atom is 0.410 e. The van der Waals surface area contributed by atoms with Crippen LogP contribution in [-0.4, -0.2) is 49.0 Å². The Morgan fingerprint density at radius 1 is 1.24 bits per heavy atom. The molecule has 140 valence electrons. The predicted octanol–water partition coefficient (Wildman–Crippen LogP) is 3.76. The van der Waals surface area contributed by atoms with Gasteiger partial charge in [0.2, 0.25) is 0 Å². The summed E-state index contributed by atoms with van der Waals surface area (Å²) < 4.78 is 43.4. The van der Waals surface area contributed by atoms with Crippen LogP contribution >= 0.6 is 0 Å². The monoisotopic (exact) mass is 357 g/mol. The van der Waals surface area contributed by atoms with Crippen LogP contribution in [0.1, 0.15) is 33.6 Å². The van der Waals surface area contributed by atoms with Crippen molar-refractivity contribution in [3.05, 3.63) is 29.8 Å². The number of rotatable bonds is 4. The summed E-state index contributed by atoms with van der Waals surface area (Å²) in [5, 5.41) is 0. The number of amides is 1. The molecule has 1 amide bonds. The van der Waals surface area contributed by atoms with Crippen molar-refractivity contribution in [1.29, 1.82) is 0 Å². The van der Waals surface area contributed by atoms with E-state index in [-0.39, 0.29) is 18.4 Å². The van der Waals surface area contributed by atoms with Crippen molar-refractivity contribution in [2.75, 3.05) is 26.8 Å². The molecule has 0 bridgehead atoms. The third-order valence-electron chi connectivity index (χ3n) is 3.95. The first-order valence-electron chi connectivity index (χ1n) is 8.25. The number of carbonyl (C=O) groups excluding carboxylic acids is 1. The minimum atomic E-state index is -0.772. The minimum Gasteiger partial charge on any atom is -0.482 e. The quantitative estimate of drug-likeness (QED) is 0.823. The van der Waals surface area contributed by atoms with Crippen LogP contribution in [0.3, 0.4) is 0 Å². The van der Waals surface area contributed by atoms with E-state index in [0.717, 1.165) is 12.1 Å². The number of piperidine rings is 1. The van der Waals surface area contributed by atoms with Gasteiger partial charge in [-0.1, -0.05) is 0 Å². The van der Waals surface area contributed by atoms with E-state index < -0.39 is 22.8 Å². The molecule has 25 heavy (non-hydrogen) atoms. The topological polar surface area (TPSA) is 48.0 Å². The SMILES string of the molecule is COCC1(Oc2ccc(F)cc2F)CCN(C(=O)OC(C)(C)C)CC1. The number of likely N-dealkylation sites (tertiary alicyclic amines) is 1. The molecule has 0 atom stereocenters. The van der Waals surface area contributed by atoms with Gasteiger partial charge in [-0.3, -0.25) is 0 Å². The number of carbonyl (C=O) groups is 1. The van der Waals surface area contributed by atoms with Crippen LogP contribution in [0, 0.1) is 11.6 Å². The summed E-state index contributed by atoms with van der Waals surface area (Å²) in [6.07, 6.45) is 0.528. The Bertz CT molecular complexity index is 608. The van der Waals surface area contributed by atoms with Gasteiger partial charge in [0.1, 0.15) is 17.0 Å². The third kappa shape index (κ3) is 5.29. The molecule has 1 heterocycles. The molecule has 0 saturated carbocycles. The number of benzene rings is 1. The highest BCUT2D eigenvalue weighted by molar-refractivity contribution is 5.68. The summed E-state index contributed by atoms with van der Waals surface area (Å²) in [4.78, 5) is 13.8. The van der Waals surface area contributed by atoms with E-state index in [1.807, 2.05) is 20.8 Å². The number of halogens is 2. The molecule has 1 aliphatic heterocycles. The average Bonchev–Trinajstić information content (AvgIpc) is 2.49. The molecule has 1 aliphatic rings. The van der Waals surface area contributed by atoms with Crippen LogP contribution in [0.2, 0.25) is 0 Å². The van der Waals surface area contributed by atoms with E-state index >= 15 is 0 Å². The molecular weight excluding hydrogens is 332 g/mol. The van der Waals surface area contributed by atoms with Gasteiger partial charge in [-0.15, -0.1) is 0 Å². The Hall–Kier alpha value is -1.89. The van der Waals surface area contributed by atoms with E-state index in [1.165, 1.54) is 13.2 Å². The Morgan fingerprint density at radius 2 is 1.88 bits per heavy atom. The molecule has 0 radical (unpaired) electrons. The van der Waals surface area contributed by atoms with Crippen LogP contribution in [0.25, 0.3) is 0 Å². The van der Waals surface area contributed by atoms with Crippen molar-refractivity contribution in [2.24, 2.45) is 0 Å². The molecule has 1 aromatic carbocycles. The summed E-state index contributed by atoms with van der Waals surface area (Å²) in [5.74, 6) is -1.44. The first-order valence-corrected chi connectivity index (χ1v) is 8.25. The fourth-order valence-corrected chi connectivity index (χ4v) is 2.75. The van der Waals surface area contributed by atoms with Crippen molar-refractivity contribution >= 4 is 6.09 Å². The largest absolute Gasteiger partial charge is 0.482 e. The third-order valence-corrected chi connectivity index (χ3v) is 3.95. The molecule has 2 rings (SSSR count). The smallest absolute Gasteiger partial charge is 0.410 e. The lowest BCUT2D eigenvalue weighted by Crippen LogP contribution is -2.53. The first-order chi connectivity index (χ1) is 11.6. The van der Waals surface area contributed by atoms with E-state index in [4.69, 9.17) is 14.2 Å². The standard InChI is InChI=1S/C18H25F2NO4/c1-17(2,3)25-16(22)21-9-7-18(8-10-21,12-23-4)24-15-6-5-13(19)11-14(15)20/h5-6,11H,7-10,12H2,1-4H3. The number of hydrogen-bond donors (Lipinski definition) is 0. The number of ether oxygens (including phenoxy) is 3. The lowest BCUT2D eigenvalue weighted by atomic mass is 9.92. The van der Waals surface area contributed by atoms with Crippen LogP contribution in [-0.2, 0) is 9.47 Å². The van der Waals surface area contributed by atoms with Crippen LogP contribution in [0.15, 0.2) is 18.2 Å². The van der Waals surface area contributed by atoms with Crippen LogP contribution in [0.4, 0.5) is 13.6 Å². The predicted molar refractivity (Wildman–Crippen MR) is 88.6 cm³/mol. The highest BCUT2D eigenvalue weighted by Crippen LogP contribution is 2.31. The Morgan fingerprint density at radius 3 is 2.40 bits per heavy atom. The molecule has 1 fully saturated rings. The Labute approximate surface area is 146 Å².